The molecule has 0 bridgehead atoms. The van der Waals surface area contributed by atoms with Gasteiger partial charge in [0.05, 0.1) is 12.0 Å². The normalized spacial score (nSPS) is 20.6. The highest BCUT2D eigenvalue weighted by Gasteiger charge is 2.35. The first-order chi connectivity index (χ1) is 15.0. The van der Waals surface area contributed by atoms with Gasteiger partial charge in [-0.1, -0.05) is 6.07 Å². The fourth-order valence-electron chi connectivity index (χ4n) is 3.73. The van der Waals surface area contributed by atoms with Crippen LogP contribution in [0.2, 0.25) is 0 Å². The molecule has 0 spiro atoms. The summed E-state index contributed by atoms with van der Waals surface area (Å²) in [5, 5.41) is 2.96. The number of thioether (sulfide) groups is 1. The number of amides is 2. The Balaban J connectivity index is 1.37. The van der Waals surface area contributed by atoms with Crippen molar-refractivity contribution >= 4 is 29.3 Å². The fraction of sp³-hybridized carbons (Fsp3) is 0.417. The molecule has 2 aromatic rings. The average molecular weight is 441 g/mol. The third-order valence-electron chi connectivity index (χ3n) is 5.78. The van der Waals surface area contributed by atoms with Crippen molar-refractivity contribution in [1.82, 2.24) is 4.90 Å². The molecule has 2 atom stereocenters. The van der Waals surface area contributed by atoms with E-state index < -0.39 is 6.04 Å². The second-order valence-corrected chi connectivity index (χ2v) is 9.05. The third-order valence-corrected chi connectivity index (χ3v) is 6.79. The van der Waals surface area contributed by atoms with Crippen molar-refractivity contribution < 1.29 is 19.1 Å². The van der Waals surface area contributed by atoms with Gasteiger partial charge < -0.3 is 19.7 Å². The van der Waals surface area contributed by atoms with Gasteiger partial charge in [-0.05, 0) is 74.2 Å². The summed E-state index contributed by atoms with van der Waals surface area (Å²) in [7, 11) is 0. The maximum atomic E-state index is 13.1. The van der Waals surface area contributed by atoms with Crippen LogP contribution in [0.15, 0.2) is 42.5 Å². The molecule has 2 aromatic carbocycles. The highest BCUT2D eigenvalue weighted by molar-refractivity contribution is 7.99. The van der Waals surface area contributed by atoms with Crippen molar-refractivity contribution in [3.8, 4) is 5.75 Å². The molecule has 4 rings (SSSR count). The summed E-state index contributed by atoms with van der Waals surface area (Å²) in [4.78, 5) is 27.6. The van der Waals surface area contributed by atoms with Crippen LogP contribution in [-0.2, 0) is 9.53 Å². The van der Waals surface area contributed by atoms with Crippen LogP contribution < -0.4 is 10.1 Å². The zero-order chi connectivity index (χ0) is 21.8. The number of rotatable bonds is 6. The minimum atomic E-state index is -0.491. The van der Waals surface area contributed by atoms with E-state index in [0.29, 0.717) is 29.5 Å². The summed E-state index contributed by atoms with van der Waals surface area (Å²) in [5.41, 5.74) is 3.60. The topological polar surface area (TPSA) is 67.9 Å². The van der Waals surface area contributed by atoms with Crippen LogP contribution in [-0.4, -0.2) is 53.7 Å². The van der Waals surface area contributed by atoms with Gasteiger partial charge in [-0.3, -0.25) is 9.59 Å². The second-order valence-electron chi connectivity index (χ2n) is 8.05. The second kappa shape index (κ2) is 9.75. The first-order valence-corrected chi connectivity index (χ1v) is 11.8. The van der Waals surface area contributed by atoms with E-state index in [0.717, 1.165) is 30.7 Å². The molecule has 31 heavy (non-hydrogen) atoms. The van der Waals surface area contributed by atoms with Crippen molar-refractivity contribution in [2.45, 2.75) is 38.8 Å². The molecule has 2 unspecified atom stereocenters. The van der Waals surface area contributed by atoms with E-state index in [1.165, 1.54) is 5.56 Å². The molecule has 164 valence electrons. The van der Waals surface area contributed by atoms with E-state index in [1.54, 1.807) is 40.9 Å². The maximum absolute atomic E-state index is 13.1. The summed E-state index contributed by atoms with van der Waals surface area (Å²) in [6, 6.07) is 12.5. The number of aryl methyl sites for hydroxylation is 2. The van der Waals surface area contributed by atoms with Gasteiger partial charge in [-0.15, -0.1) is 11.8 Å². The van der Waals surface area contributed by atoms with Gasteiger partial charge in [0.2, 0.25) is 5.91 Å². The van der Waals surface area contributed by atoms with E-state index in [-0.39, 0.29) is 17.9 Å². The molecule has 0 aliphatic carbocycles. The number of hydrogen-bond donors (Lipinski definition) is 1. The molecule has 2 fully saturated rings. The molecule has 1 N–H and O–H groups in total. The number of anilines is 1. The molecule has 2 aliphatic rings. The van der Waals surface area contributed by atoms with E-state index in [2.05, 4.69) is 5.32 Å². The molecule has 7 heteroatoms. The van der Waals surface area contributed by atoms with Gasteiger partial charge in [-0.25, -0.2) is 0 Å². The van der Waals surface area contributed by atoms with Crippen LogP contribution in [0.4, 0.5) is 5.69 Å². The lowest BCUT2D eigenvalue weighted by Crippen LogP contribution is -2.44. The fourth-order valence-corrected chi connectivity index (χ4v) is 4.88. The van der Waals surface area contributed by atoms with E-state index in [1.807, 2.05) is 32.0 Å². The van der Waals surface area contributed by atoms with Gasteiger partial charge in [-0.2, -0.15) is 0 Å². The summed E-state index contributed by atoms with van der Waals surface area (Å²) in [5.74, 6) is 1.51. The van der Waals surface area contributed by atoms with Gasteiger partial charge in [0.15, 0.2) is 0 Å². The minimum absolute atomic E-state index is 0.143. The SMILES string of the molecule is Cc1ccc(NC(=O)C2CSCN2C(=O)c2ccc(OCC3CCCO3)cc2)cc1C. The molecule has 0 saturated carbocycles. The van der Waals surface area contributed by atoms with E-state index >= 15 is 0 Å². The number of nitrogens with zero attached hydrogens (tertiary/aromatic N) is 1. The molecule has 2 saturated heterocycles. The minimum Gasteiger partial charge on any atom is -0.491 e. The Hall–Kier alpha value is -2.51. The molecule has 0 radical (unpaired) electrons. The number of hydrogen-bond acceptors (Lipinski definition) is 5. The van der Waals surface area contributed by atoms with Crippen molar-refractivity contribution in [2.75, 3.05) is 30.2 Å². The lowest BCUT2D eigenvalue weighted by molar-refractivity contribution is -0.119. The van der Waals surface area contributed by atoms with Gasteiger partial charge >= 0.3 is 0 Å². The number of carbonyl (C=O) groups excluding carboxylic acids is 2. The average Bonchev–Trinajstić information content (AvgIpc) is 3.47. The third kappa shape index (κ3) is 5.22. The largest absolute Gasteiger partial charge is 0.491 e. The van der Waals surface area contributed by atoms with Gasteiger partial charge in [0.25, 0.3) is 5.91 Å². The summed E-state index contributed by atoms with van der Waals surface area (Å²) < 4.78 is 11.3. The predicted octanol–water partition coefficient (Wildman–Crippen LogP) is 4.02. The standard InChI is InChI=1S/C24H28N2O4S/c1-16-5-8-19(12-17(16)2)25-23(27)22-14-31-15-26(22)24(28)18-6-9-20(10-7-18)30-13-21-4-3-11-29-21/h5-10,12,21-22H,3-4,11,13-15H2,1-2H3,(H,25,27). The number of nitrogens with one attached hydrogen (secondary N) is 1. The highest BCUT2D eigenvalue weighted by atomic mass is 32.2. The molecule has 6 nitrogen and oxygen atoms in total. The van der Waals surface area contributed by atoms with Crippen molar-refractivity contribution in [1.29, 1.82) is 0 Å². The van der Waals surface area contributed by atoms with Gasteiger partial charge in [0.1, 0.15) is 18.4 Å². The van der Waals surface area contributed by atoms with Crippen molar-refractivity contribution in [3.05, 3.63) is 59.2 Å². The number of ether oxygens (including phenoxy) is 2. The number of benzene rings is 2. The highest BCUT2D eigenvalue weighted by Crippen LogP contribution is 2.26. The Morgan fingerprint density at radius 2 is 1.97 bits per heavy atom. The van der Waals surface area contributed by atoms with Crippen molar-refractivity contribution in [2.24, 2.45) is 0 Å². The zero-order valence-corrected chi connectivity index (χ0v) is 18.7. The van der Waals surface area contributed by atoms with Crippen LogP contribution >= 0.6 is 11.8 Å². The Kier molecular flexibility index (Phi) is 6.83. The Morgan fingerprint density at radius 1 is 1.16 bits per heavy atom. The predicted molar refractivity (Wildman–Crippen MR) is 123 cm³/mol. The van der Waals surface area contributed by atoms with Gasteiger partial charge in [0, 0.05) is 23.6 Å². The smallest absolute Gasteiger partial charge is 0.255 e. The van der Waals surface area contributed by atoms with Crippen LogP contribution in [0.5, 0.6) is 5.75 Å². The molecule has 2 amide bonds. The Morgan fingerprint density at radius 3 is 2.68 bits per heavy atom. The molecule has 0 aromatic heterocycles. The monoisotopic (exact) mass is 440 g/mol. The quantitative estimate of drug-likeness (QED) is 0.735. The zero-order valence-electron chi connectivity index (χ0n) is 17.9. The van der Waals surface area contributed by atoms with Crippen LogP contribution in [0.3, 0.4) is 0 Å². The lowest BCUT2D eigenvalue weighted by Gasteiger charge is -2.23. The summed E-state index contributed by atoms with van der Waals surface area (Å²) >= 11 is 1.59. The van der Waals surface area contributed by atoms with E-state index in [9.17, 15) is 9.59 Å². The number of carbonyl (C=O) groups is 2. The molecule has 2 heterocycles. The first-order valence-electron chi connectivity index (χ1n) is 10.6. The molecule has 2 aliphatic heterocycles. The van der Waals surface area contributed by atoms with Crippen LogP contribution in [0.25, 0.3) is 0 Å². The Bertz CT molecular complexity index is 941. The lowest BCUT2D eigenvalue weighted by atomic mass is 10.1. The van der Waals surface area contributed by atoms with Crippen LogP contribution in [0, 0.1) is 13.8 Å². The summed E-state index contributed by atoms with van der Waals surface area (Å²) in [6.07, 6.45) is 2.25. The molecular formula is C24H28N2O4S. The molecular weight excluding hydrogens is 412 g/mol. The van der Waals surface area contributed by atoms with Crippen molar-refractivity contribution in [3.63, 3.8) is 0 Å². The first kappa shape index (κ1) is 21.7. The maximum Gasteiger partial charge on any atom is 0.255 e. The van der Waals surface area contributed by atoms with E-state index in [4.69, 9.17) is 9.47 Å². The Labute approximate surface area is 187 Å². The van der Waals surface area contributed by atoms with Crippen LogP contribution in [0.1, 0.15) is 34.3 Å². The summed E-state index contributed by atoms with van der Waals surface area (Å²) in [6.45, 7) is 5.37.